The van der Waals surface area contributed by atoms with Crippen molar-refractivity contribution in [2.24, 2.45) is 0 Å². The second kappa shape index (κ2) is 6.45. The predicted octanol–water partition coefficient (Wildman–Crippen LogP) is 4.49. The quantitative estimate of drug-likeness (QED) is 0.767. The van der Waals surface area contributed by atoms with Crippen molar-refractivity contribution in [3.05, 3.63) is 77.1 Å². The van der Waals surface area contributed by atoms with Gasteiger partial charge in [0.1, 0.15) is 11.3 Å². The maximum atomic E-state index is 13.4. The predicted molar refractivity (Wildman–Crippen MR) is 84.2 cm³/mol. The highest BCUT2D eigenvalue weighted by Gasteiger charge is 2.22. The van der Waals surface area contributed by atoms with E-state index in [0.29, 0.717) is 0 Å². The van der Waals surface area contributed by atoms with Gasteiger partial charge in [0.25, 0.3) is 0 Å². The fourth-order valence-electron chi connectivity index (χ4n) is 2.20. The van der Waals surface area contributed by atoms with Gasteiger partial charge in [0.15, 0.2) is 17.4 Å². The Bertz CT molecular complexity index is 917. The summed E-state index contributed by atoms with van der Waals surface area (Å²) < 4.78 is 31.5. The van der Waals surface area contributed by atoms with Crippen LogP contribution in [0.1, 0.15) is 21.7 Å². The summed E-state index contributed by atoms with van der Waals surface area (Å²) in [5.74, 6) is -3.37. The third kappa shape index (κ3) is 3.08. The molecule has 0 saturated carbocycles. The molecule has 0 aliphatic rings. The van der Waals surface area contributed by atoms with Crippen LogP contribution in [0.15, 0.2) is 53.1 Å². The first-order chi connectivity index (χ1) is 11.6. The van der Waals surface area contributed by atoms with E-state index >= 15 is 0 Å². The van der Waals surface area contributed by atoms with Crippen LogP contribution in [0.5, 0.6) is 0 Å². The van der Waals surface area contributed by atoms with Crippen LogP contribution in [-0.4, -0.2) is 16.2 Å². The van der Waals surface area contributed by atoms with Crippen LogP contribution in [0.2, 0.25) is 0 Å². The number of carboxylic acid groups (broad SMARTS) is 1. The maximum absolute atomic E-state index is 13.4. The highest BCUT2D eigenvalue weighted by Crippen LogP contribution is 2.28. The Morgan fingerprint density at radius 1 is 1.04 bits per heavy atom. The number of carboxylic acids is 1. The van der Waals surface area contributed by atoms with Gasteiger partial charge in [-0.15, -0.1) is 0 Å². The van der Waals surface area contributed by atoms with Crippen molar-refractivity contribution < 1.29 is 23.2 Å². The lowest BCUT2D eigenvalue weighted by Crippen LogP contribution is -1.99. The number of carbonyl (C=O) groups is 1. The van der Waals surface area contributed by atoms with Crippen LogP contribution < -0.4 is 0 Å². The molecular weight excluding hydrogens is 316 g/mol. The fraction of sp³-hybridized carbons (Fsp3) is 0. The number of hydrogen-bond donors (Lipinski definition) is 1. The van der Waals surface area contributed by atoms with Gasteiger partial charge < -0.3 is 9.63 Å². The molecule has 0 radical (unpaired) electrons. The number of aromatic carboxylic acids is 1. The molecule has 0 aliphatic carbocycles. The number of nitrogens with zero attached hydrogens (tertiary/aromatic N) is 1. The Morgan fingerprint density at radius 2 is 1.79 bits per heavy atom. The van der Waals surface area contributed by atoms with Crippen LogP contribution in [0.25, 0.3) is 23.4 Å². The standard InChI is InChI=1S/C18H11F2NO3/c19-13-8-7-12(10-14(13)20)17-16(18(22)23)15(24-21-17)9-6-11-4-2-1-3-5-11/h1-10H,(H,22,23). The fourth-order valence-corrected chi connectivity index (χ4v) is 2.20. The van der Waals surface area contributed by atoms with Crippen LogP contribution in [0.3, 0.4) is 0 Å². The molecular formula is C18H11F2NO3. The topological polar surface area (TPSA) is 63.3 Å². The van der Waals surface area contributed by atoms with Crippen molar-refractivity contribution in [1.82, 2.24) is 5.16 Å². The second-order valence-corrected chi connectivity index (χ2v) is 4.95. The lowest BCUT2D eigenvalue weighted by molar-refractivity contribution is 0.0696. The third-order valence-electron chi connectivity index (χ3n) is 3.35. The van der Waals surface area contributed by atoms with Gasteiger partial charge >= 0.3 is 5.97 Å². The lowest BCUT2D eigenvalue weighted by atomic mass is 10.1. The van der Waals surface area contributed by atoms with Crippen LogP contribution in [0, 0.1) is 11.6 Å². The summed E-state index contributed by atoms with van der Waals surface area (Å²) in [6, 6.07) is 12.2. The summed E-state index contributed by atoms with van der Waals surface area (Å²) in [6.45, 7) is 0. The van der Waals surface area contributed by atoms with E-state index < -0.39 is 17.6 Å². The molecule has 0 unspecified atom stereocenters. The summed E-state index contributed by atoms with van der Waals surface area (Å²) in [7, 11) is 0. The van der Waals surface area contributed by atoms with Gasteiger partial charge in [-0.1, -0.05) is 41.6 Å². The zero-order valence-electron chi connectivity index (χ0n) is 12.2. The third-order valence-corrected chi connectivity index (χ3v) is 3.35. The highest BCUT2D eigenvalue weighted by molar-refractivity contribution is 5.98. The molecule has 4 nitrogen and oxygen atoms in total. The van der Waals surface area contributed by atoms with Gasteiger partial charge in [-0.25, -0.2) is 13.6 Å². The molecule has 1 N–H and O–H groups in total. The minimum absolute atomic E-state index is 0.0195. The van der Waals surface area contributed by atoms with E-state index in [-0.39, 0.29) is 22.6 Å². The van der Waals surface area contributed by atoms with Crippen LogP contribution >= 0.6 is 0 Å². The normalized spacial score (nSPS) is 11.1. The zero-order valence-corrected chi connectivity index (χ0v) is 12.2. The highest BCUT2D eigenvalue weighted by atomic mass is 19.2. The summed E-state index contributed by atoms with van der Waals surface area (Å²) in [4.78, 5) is 11.5. The first kappa shape index (κ1) is 15.6. The van der Waals surface area contributed by atoms with E-state index in [1.165, 1.54) is 12.1 Å². The molecule has 0 spiro atoms. The molecule has 1 aromatic heterocycles. The summed E-state index contributed by atoms with van der Waals surface area (Å²) in [6.07, 6.45) is 3.14. The summed E-state index contributed by atoms with van der Waals surface area (Å²) in [5.41, 5.74) is 0.691. The molecule has 6 heteroatoms. The van der Waals surface area contributed by atoms with Crippen molar-refractivity contribution in [1.29, 1.82) is 0 Å². The van der Waals surface area contributed by atoms with Crippen molar-refractivity contribution in [2.75, 3.05) is 0 Å². The Labute approximate surface area is 135 Å². The SMILES string of the molecule is O=C(O)c1c(-c2ccc(F)c(F)c2)noc1C=Cc1ccccc1. The molecule has 24 heavy (non-hydrogen) atoms. The Hall–Kier alpha value is -3.28. The van der Waals surface area contributed by atoms with Crippen molar-refractivity contribution in [2.45, 2.75) is 0 Å². The molecule has 3 rings (SSSR count). The van der Waals surface area contributed by atoms with Gasteiger partial charge in [0.2, 0.25) is 0 Å². The lowest BCUT2D eigenvalue weighted by Gasteiger charge is -1.99. The maximum Gasteiger partial charge on any atom is 0.341 e. The number of aromatic nitrogens is 1. The average molecular weight is 327 g/mol. The Morgan fingerprint density at radius 3 is 2.46 bits per heavy atom. The Kier molecular flexibility index (Phi) is 4.20. The molecule has 0 saturated heterocycles. The van der Waals surface area contributed by atoms with Gasteiger partial charge in [0.05, 0.1) is 0 Å². The number of benzene rings is 2. The molecule has 2 aromatic carbocycles. The molecule has 0 fully saturated rings. The first-order valence-corrected chi connectivity index (χ1v) is 6.98. The average Bonchev–Trinajstić information content (AvgIpc) is 3.00. The van der Waals surface area contributed by atoms with E-state index in [1.54, 1.807) is 6.08 Å². The second-order valence-electron chi connectivity index (χ2n) is 4.95. The molecule has 3 aromatic rings. The number of halogens is 2. The van der Waals surface area contributed by atoms with E-state index in [4.69, 9.17) is 4.52 Å². The van der Waals surface area contributed by atoms with Crippen molar-refractivity contribution >= 4 is 18.1 Å². The van der Waals surface area contributed by atoms with Crippen LogP contribution in [0.4, 0.5) is 8.78 Å². The molecule has 120 valence electrons. The number of hydrogen-bond acceptors (Lipinski definition) is 3. The van der Waals surface area contributed by atoms with E-state index in [1.807, 2.05) is 30.3 Å². The van der Waals surface area contributed by atoms with Gasteiger partial charge in [0, 0.05) is 5.56 Å². The zero-order chi connectivity index (χ0) is 17.1. The Balaban J connectivity index is 2.03. The number of rotatable bonds is 4. The molecule has 0 bridgehead atoms. The smallest absolute Gasteiger partial charge is 0.341 e. The summed E-state index contributed by atoms with van der Waals surface area (Å²) >= 11 is 0. The van der Waals surface area contributed by atoms with Gasteiger partial charge in [-0.2, -0.15) is 0 Å². The van der Waals surface area contributed by atoms with Crippen LogP contribution in [-0.2, 0) is 0 Å². The molecule has 0 atom stereocenters. The molecule has 0 aliphatic heterocycles. The summed E-state index contributed by atoms with van der Waals surface area (Å²) in [5, 5.41) is 13.1. The van der Waals surface area contributed by atoms with Gasteiger partial charge in [-0.05, 0) is 29.8 Å². The van der Waals surface area contributed by atoms with E-state index in [9.17, 15) is 18.7 Å². The van der Waals surface area contributed by atoms with Crippen molar-refractivity contribution in [3.63, 3.8) is 0 Å². The monoisotopic (exact) mass is 327 g/mol. The largest absolute Gasteiger partial charge is 0.477 e. The molecule has 1 heterocycles. The van der Waals surface area contributed by atoms with Gasteiger partial charge in [-0.3, -0.25) is 0 Å². The molecule has 0 amide bonds. The minimum Gasteiger partial charge on any atom is -0.477 e. The van der Waals surface area contributed by atoms with Crippen molar-refractivity contribution in [3.8, 4) is 11.3 Å². The first-order valence-electron chi connectivity index (χ1n) is 6.98. The minimum atomic E-state index is -1.27. The van der Waals surface area contributed by atoms with E-state index in [2.05, 4.69) is 5.16 Å². The van der Waals surface area contributed by atoms with E-state index in [0.717, 1.165) is 17.7 Å².